The maximum Gasteiger partial charge on any atom is 0.0253 e. The molecule has 1 aliphatic rings. The van der Waals surface area contributed by atoms with Gasteiger partial charge in [0.15, 0.2) is 0 Å². The number of benzene rings is 1. The predicted octanol–water partition coefficient (Wildman–Crippen LogP) is 3.59. The van der Waals surface area contributed by atoms with E-state index in [0.717, 1.165) is 25.6 Å². The third kappa shape index (κ3) is 4.07. The van der Waals surface area contributed by atoms with E-state index < -0.39 is 0 Å². The molecule has 0 bridgehead atoms. The highest BCUT2D eigenvalue weighted by molar-refractivity contribution is 5.25. The number of piperazine rings is 1. The van der Waals surface area contributed by atoms with Gasteiger partial charge in [-0.05, 0) is 44.2 Å². The molecule has 112 valence electrons. The normalized spacial score (nSPS) is 23.2. The van der Waals surface area contributed by atoms with E-state index in [1.54, 1.807) is 0 Å². The fraction of sp³-hybridized carbons (Fsp3) is 0.667. The zero-order valence-corrected chi connectivity index (χ0v) is 13.7. The van der Waals surface area contributed by atoms with Crippen molar-refractivity contribution in [1.29, 1.82) is 0 Å². The van der Waals surface area contributed by atoms with Crippen LogP contribution in [0.15, 0.2) is 24.3 Å². The second-order valence-electron chi connectivity index (χ2n) is 7.38. The minimum absolute atomic E-state index is 0.218. The molecule has 2 nitrogen and oxygen atoms in total. The van der Waals surface area contributed by atoms with Crippen molar-refractivity contribution in [3.8, 4) is 0 Å². The number of nitrogens with one attached hydrogen (secondary N) is 1. The molecule has 20 heavy (non-hydrogen) atoms. The van der Waals surface area contributed by atoms with Gasteiger partial charge in [-0.25, -0.2) is 0 Å². The Kier molecular flexibility index (Phi) is 4.87. The van der Waals surface area contributed by atoms with Crippen LogP contribution in [0.25, 0.3) is 0 Å². The molecule has 1 aliphatic heterocycles. The van der Waals surface area contributed by atoms with Crippen molar-refractivity contribution >= 4 is 0 Å². The van der Waals surface area contributed by atoms with Gasteiger partial charge in [0.05, 0.1) is 0 Å². The summed E-state index contributed by atoms with van der Waals surface area (Å²) in [7, 11) is 0. The maximum atomic E-state index is 3.70. The molecule has 1 fully saturated rings. The minimum atomic E-state index is 0.218. The van der Waals surface area contributed by atoms with Gasteiger partial charge in [0.2, 0.25) is 0 Å². The van der Waals surface area contributed by atoms with Gasteiger partial charge in [0.25, 0.3) is 0 Å². The summed E-state index contributed by atoms with van der Waals surface area (Å²) in [6.45, 7) is 14.8. The molecule has 1 atom stereocenters. The number of hydrogen-bond donors (Lipinski definition) is 1. The Morgan fingerprint density at radius 3 is 2.65 bits per heavy atom. The van der Waals surface area contributed by atoms with Crippen LogP contribution in [0.3, 0.4) is 0 Å². The minimum Gasteiger partial charge on any atom is -0.309 e. The van der Waals surface area contributed by atoms with E-state index in [0.29, 0.717) is 6.04 Å². The van der Waals surface area contributed by atoms with Gasteiger partial charge in [-0.3, -0.25) is 4.90 Å². The van der Waals surface area contributed by atoms with E-state index in [2.05, 4.69) is 69.1 Å². The van der Waals surface area contributed by atoms with Crippen LogP contribution in [-0.2, 0) is 6.54 Å². The summed E-state index contributed by atoms with van der Waals surface area (Å²) in [5, 5.41) is 3.70. The zero-order valence-electron chi connectivity index (χ0n) is 13.7. The van der Waals surface area contributed by atoms with Crippen molar-refractivity contribution in [2.45, 2.75) is 59.2 Å². The van der Waals surface area contributed by atoms with Crippen LogP contribution in [-0.4, -0.2) is 29.6 Å². The summed E-state index contributed by atoms with van der Waals surface area (Å²) in [4.78, 5) is 2.68. The first-order valence-corrected chi connectivity index (χ1v) is 7.91. The predicted molar refractivity (Wildman–Crippen MR) is 86.9 cm³/mol. The molecule has 0 aliphatic carbocycles. The van der Waals surface area contributed by atoms with Crippen LogP contribution >= 0.6 is 0 Å². The van der Waals surface area contributed by atoms with Crippen molar-refractivity contribution in [3.05, 3.63) is 35.4 Å². The van der Waals surface area contributed by atoms with Gasteiger partial charge >= 0.3 is 0 Å². The molecule has 2 heteroatoms. The maximum absolute atomic E-state index is 3.70. The highest BCUT2D eigenvalue weighted by atomic mass is 15.2. The number of nitrogens with zero attached hydrogens (tertiary/aromatic N) is 1. The molecular formula is C18H30N2. The van der Waals surface area contributed by atoms with Crippen molar-refractivity contribution in [3.63, 3.8) is 0 Å². The van der Waals surface area contributed by atoms with Gasteiger partial charge in [-0.2, -0.15) is 0 Å². The number of hydrogen-bond acceptors (Lipinski definition) is 2. The van der Waals surface area contributed by atoms with Gasteiger partial charge in [0.1, 0.15) is 0 Å². The lowest BCUT2D eigenvalue weighted by Crippen LogP contribution is -2.61. The number of rotatable bonds is 4. The average molecular weight is 274 g/mol. The first-order chi connectivity index (χ1) is 9.37. The van der Waals surface area contributed by atoms with E-state index in [-0.39, 0.29) is 5.54 Å². The second kappa shape index (κ2) is 6.28. The number of aryl methyl sites for hydroxylation is 1. The molecule has 0 amide bonds. The SMILES string of the molecule is Cc1ccccc1CN1CC(C)(C)NCC1CC(C)C. The van der Waals surface area contributed by atoms with Crippen molar-refractivity contribution in [2.75, 3.05) is 13.1 Å². The van der Waals surface area contributed by atoms with Crippen molar-refractivity contribution < 1.29 is 0 Å². The topological polar surface area (TPSA) is 15.3 Å². The van der Waals surface area contributed by atoms with Gasteiger partial charge < -0.3 is 5.32 Å². The highest BCUT2D eigenvalue weighted by Crippen LogP contribution is 2.23. The van der Waals surface area contributed by atoms with Crippen LogP contribution in [0, 0.1) is 12.8 Å². The quantitative estimate of drug-likeness (QED) is 0.902. The largest absolute Gasteiger partial charge is 0.309 e. The third-order valence-corrected chi connectivity index (χ3v) is 4.31. The van der Waals surface area contributed by atoms with E-state index in [1.165, 1.54) is 17.5 Å². The van der Waals surface area contributed by atoms with Gasteiger partial charge in [-0.15, -0.1) is 0 Å². The van der Waals surface area contributed by atoms with Crippen LogP contribution < -0.4 is 5.32 Å². The summed E-state index contributed by atoms with van der Waals surface area (Å²) in [5.41, 5.74) is 3.10. The summed E-state index contributed by atoms with van der Waals surface area (Å²) in [6.07, 6.45) is 1.27. The molecule has 1 aromatic rings. The zero-order chi connectivity index (χ0) is 14.8. The molecule has 1 heterocycles. The fourth-order valence-electron chi connectivity index (χ4n) is 3.18. The Balaban J connectivity index is 2.13. The first kappa shape index (κ1) is 15.5. The van der Waals surface area contributed by atoms with Crippen molar-refractivity contribution in [2.24, 2.45) is 5.92 Å². The molecule has 1 aromatic carbocycles. The first-order valence-electron chi connectivity index (χ1n) is 7.91. The lowest BCUT2D eigenvalue weighted by Gasteiger charge is -2.45. The smallest absolute Gasteiger partial charge is 0.0253 e. The Morgan fingerprint density at radius 2 is 2.00 bits per heavy atom. The molecule has 1 N–H and O–H groups in total. The lowest BCUT2D eigenvalue weighted by atomic mass is 9.93. The van der Waals surface area contributed by atoms with Gasteiger partial charge in [0, 0.05) is 31.2 Å². The molecule has 0 saturated carbocycles. The van der Waals surface area contributed by atoms with E-state index in [1.807, 2.05) is 0 Å². The summed E-state index contributed by atoms with van der Waals surface area (Å²) < 4.78 is 0. The third-order valence-electron chi connectivity index (χ3n) is 4.31. The Morgan fingerprint density at radius 1 is 1.30 bits per heavy atom. The fourth-order valence-corrected chi connectivity index (χ4v) is 3.18. The Bertz CT molecular complexity index is 437. The molecule has 1 saturated heterocycles. The monoisotopic (exact) mass is 274 g/mol. The van der Waals surface area contributed by atoms with Crippen LogP contribution in [0.2, 0.25) is 0 Å². The van der Waals surface area contributed by atoms with E-state index >= 15 is 0 Å². The van der Waals surface area contributed by atoms with E-state index in [4.69, 9.17) is 0 Å². The van der Waals surface area contributed by atoms with Crippen molar-refractivity contribution in [1.82, 2.24) is 10.2 Å². The lowest BCUT2D eigenvalue weighted by molar-refractivity contribution is 0.0758. The summed E-state index contributed by atoms with van der Waals surface area (Å²) in [6, 6.07) is 9.44. The van der Waals surface area contributed by atoms with E-state index in [9.17, 15) is 0 Å². The average Bonchev–Trinajstić information content (AvgIpc) is 2.35. The molecule has 1 unspecified atom stereocenters. The second-order valence-corrected chi connectivity index (χ2v) is 7.38. The van der Waals surface area contributed by atoms with Crippen LogP contribution in [0.4, 0.5) is 0 Å². The molecule has 0 radical (unpaired) electrons. The van der Waals surface area contributed by atoms with Gasteiger partial charge in [-0.1, -0.05) is 38.1 Å². The molecule has 2 rings (SSSR count). The molecule has 0 aromatic heterocycles. The Labute approximate surface area is 124 Å². The summed E-state index contributed by atoms with van der Waals surface area (Å²) in [5.74, 6) is 0.752. The van der Waals surface area contributed by atoms with Crippen LogP contribution in [0.5, 0.6) is 0 Å². The standard InChI is InChI=1S/C18H30N2/c1-14(2)10-17-11-19-18(4,5)13-20(17)12-16-9-7-6-8-15(16)3/h6-9,14,17,19H,10-13H2,1-5H3. The molecular weight excluding hydrogens is 244 g/mol. The van der Waals surface area contributed by atoms with Crippen LogP contribution in [0.1, 0.15) is 45.2 Å². The highest BCUT2D eigenvalue weighted by Gasteiger charge is 2.32. The molecule has 0 spiro atoms. The Hall–Kier alpha value is -0.860. The summed E-state index contributed by atoms with van der Waals surface area (Å²) >= 11 is 0.